The second kappa shape index (κ2) is 11.7. The van der Waals surface area contributed by atoms with Crippen LogP contribution >= 0.6 is 0 Å². The first-order valence-electron chi connectivity index (χ1n) is 10.7. The molecule has 35 heavy (non-hydrogen) atoms. The second-order valence-electron chi connectivity index (χ2n) is 7.49. The van der Waals surface area contributed by atoms with Crippen LogP contribution in [0.1, 0.15) is 40.9 Å². The Labute approximate surface area is 199 Å². The smallest absolute Gasteiger partial charge is 0.389 e. The van der Waals surface area contributed by atoms with Gasteiger partial charge in [-0.2, -0.15) is 13.2 Å². The van der Waals surface area contributed by atoms with Crippen LogP contribution in [0.4, 0.5) is 18.9 Å². The van der Waals surface area contributed by atoms with Crippen LogP contribution in [0.2, 0.25) is 0 Å². The first kappa shape index (κ1) is 25.4. The van der Waals surface area contributed by atoms with E-state index in [2.05, 4.69) is 15.3 Å². The van der Waals surface area contributed by atoms with Gasteiger partial charge in [-0.1, -0.05) is 54.6 Å². The van der Waals surface area contributed by atoms with Crippen molar-refractivity contribution < 1.29 is 27.9 Å². The molecule has 3 rings (SSSR count). The molecule has 0 aliphatic heterocycles. The van der Waals surface area contributed by atoms with Crippen molar-refractivity contribution >= 4 is 23.3 Å². The van der Waals surface area contributed by atoms with Gasteiger partial charge in [0.2, 0.25) is 0 Å². The Kier molecular flexibility index (Phi) is 8.50. The molecule has 1 heterocycles. The molecule has 6 nitrogen and oxygen atoms in total. The second-order valence-corrected chi connectivity index (χ2v) is 7.49. The minimum absolute atomic E-state index is 0.207. The van der Waals surface area contributed by atoms with Gasteiger partial charge in [0.25, 0.3) is 5.91 Å². The quantitative estimate of drug-likeness (QED) is 0.295. The monoisotopic (exact) mass is 481 g/mol. The lowest BCUT2D eigenvalue weighted by Crippen LogP contribution is -2.16. The number of hydrogen-bond donors (Lipinski definition) is 2. The lowest BCUT2D eigenvalue weighted by Gasteiger charge is -2.13. The zero-order valence-electron chi connectivity index (χ0n) is 18.5. The maximum absolute atomic E-state index is 12.7. The minimum atomic E-state index is -4.37. The summed E-state index contributed by atoms with van der Waals surface area (Å²) in [6.45, 7) is 0. The van der Waals surface area contributed by atoms with Crippen molar-refractivity contribution in [3.63, 3.8) is 0 Å². The minimum Gasteiger partial charge on any atom is -0.478 e. The number of benzene rings is 2. The zero-order chi connectivity index (χ0) is 25.3. The van der Waals surface area contributed by atoms with Crippen LogP contribution in [0.15, 0.2) is 95.8 Å². The van der Waals surface area contributed by atoms with E-state index in [1.807, 2.05) is 0 Å². The molecule has 0 aliphatic rings. The Morgan fingerprint density at radius 1 is 0.971 bits per heavy atom. The molecule has 0 atom stereocenters. The molecule has 2 N–H and O–H groups in total. The molecular weight excluding hydrogens is 459 g/mol. The first-order chi connectivity index (χ1) is 16.7. The van der Waals surface area contributed by atoms with Gasteiger partial charge in [0.05, 0.1) is 17.0 Å². The predicted molar refractivity (Wildman–Crippen MR) is 126 cm³/mol. The van der Waals surface area contributed by atoms with E-state index in [1.54, 1.807) is 72.8 Å². The molecular formula is C26H22F3N3O3. The summed E-state index contributed by atoms with van der Waals surface area (Å²) in [6.07, 6.45) is -3.55. The average Bonchev–Trinajstić information content (AvgIpc) is 2.84. The molecule has 0 fully saturated rings. The maximum Gasteiger partial charge on any atom is 0.389 e. The third-order valence-electron chi connectivity index (χ3n) is 4.91. The highest BCUT2D eigenvalue weighted by Crippen LogP contribution is 2.25. The SMILES string of the molecule is O=C(O)/C(=C\N=C(c1ccccc1)c1ccccc1NC(=O)c1ccccn1)CCCC(F)(F)F. The average molecular weight is 481 g/mol. The van der Waals surface area contributed by atoms with Gasteiger partial charge in [-0.25, -0.2) is 4.79 Å². The number of hydrogen-bond acceptors (Lipinski definition) is 4. The van der Waals surface area contributed by atoms with Gasteiger partial charge in [0.15, 0.2) is 0 Å². The van der Waals surface area contributed by atoms with Crippen LogP contribution in [-0.4, -0.2) is 33.9 Å². The van der Waals surface area contributed by atoms with Gasteiger partial charge in [-0.05, 0) is 31.0 Å². The van der Waals surface area contributed by atoms with Crippen LogP contribution in [0.5, 0.6) is 0 Å². The normalized spacial score (nSPS) is 12.3. The third-order valence-corrected chi connectivity index (χ3v) is 4.91. The Balaban J connectivity index is 1.99. The number of carboxylic acids is 1. The molecule has 0 aliphatic carbocycles. The number of nitrogens with zero attached hydrogens (tertiary/aromatic N) is 2. The summed E-state index contributed by atoms with van der Waals surface area (Å²) in [5, 5.41) is 12.3. The Morgan fingerprint density at radius 3 is 2.31 bits per heavy atom. The molecule has 180 valence electrons. The van der Waals surface area contributed by atoms with Gasteiger partial charge in [-0.3, -0.25) is 14.8 Å². The Morgan fingerprint density at radius 2 is 1.66 bits per heavy atom. The molecule has 0 unspecified atom stereocenters. The number of halogens is 3. The van der Waals surface area contributed by atoms with Crippen molar-refractivity contribution in [1.29, 1.82) is 0 Å². The van der Waals surface area contributed by atoms with Crippen molar-refractivity contribution in [3.8, 4) is 0 Å². The van der Waals surface area contributed by atoms with Gasteiger partial charge in [0, 0.05) is 29.9 Å². The topological polar surface area (TPSA) is 91.6 Å². The number of aliphatic imine (C=N–C) groups is 1. The number of alkyl halides is 3. The summed E-state index contributed by atoms with van der Waals surface area (Å²) in [5.41, 5.74) is 1.84. The molecule has 1 aromatic heterocycles. The van der Waals surface area contributed by atoms with E-state index in [9.17, 15) is 27.9 Å². The van der Waals surface area contributed by atoms with Crippen LogP contribution in [0.3, 0.4) is 0 Å². The standard InChI is InChI=1S/C26H22F3N3O3/c27-26(28,29)15-8-11-19(25(34)35)17-31-23(18-9-2-1-3-10-18)20-12-4-5-13-21(20)32-24(33)22-14-6-7-16-30-22/h1-7,9-10,12-14,16-17H,8,11,15H2,(H,32,33)(H,34,35)/b19-17-,31-23?. The van der Waals surface area contributed by atoms with Crippen molar-refractivity contribution in [1.82, 2.24) is 4.98 Å². The number of carboxylic acid groups (broad SMARTS) is 1. The first-order valence-corrected chi connectivity index (χ1v) is 10.7. The molecule has 2 aromatic carbocycles. The molecule has 0 bridgehead atoms. The molecule has 3 aromatic rings. The highest BCUT2D eigenvalue weighted by atomic mass is 19.4. The number of carbonyl (C=O) groups excluding carboxylic acids is 1. The largest absolute Gasteiger partial charge is 0.478 e. The van der Waals surface area contributed by atoms with E-state index < -0.39 is 24.5 Å². The molecule has 0 saturated heterocycles. The maximum atomic E-state index is 12.7. The molecule has 0 radical (unpaired) electrons. The van der Waals surface area contributed by atoms with Gasteiger partial charge < -0.3 is 10.4 Å². The highest BCUT2D eigenvalue weighted by molar-refractivity contribution is 6.18. The van der Waals surface area contributed by atoms with E-state index >= 15 is 0 Å². The van der Waals surface area contributed by atoms with Gasteiger partial charge >= 0.3 is 12.1 Å². The number of pyridine rings is 1. The van der Waals surface area contributed by atoms with Crippen LogP contribution in [0, 0.1) is 0 Å². The summed E-state index contributed by atoms with van der Waals surface area (Å²) in [7, 11) is 0. The van der Waals surface area contributed by atoms with Crippen molar-refractivity contribution in [3.05, 3.63) is 108 Å². The number of carbonyl (C=O) groups is 2. The molecule has 1 amide bonds. The molecule has 0 spiro atoms. The van der Waals surface area contributed by atoms with Crippen molar-refractivity contribution in [2.45, 2.75) is 25.4 Å². The fourth-order valence-corrected chi connectivity index (χ4v) is 3.23. The fraction of sp³-hybridized carbons (Fsp3) is 0.154. The number of rotatable bonds is 9. The van der Waals surface area contributed by atoms with Crippen LogP contribution in [-0.2, 0) is 4.79 Å². The number of para-hydroxylation sites is 1. The summed E-state index contributed by atoms with van der Waals surface area (Å²) in [4.78, 5) is 32.7. The van der Waals surface area contributed by atoms with E-state index in [1.165, 1.54) is 6.20 Å². The number of amides is 1. The summed E-state index contributed by atoms with van der Waals surface area (Å²) < 4.78 is 37.5. The van der Waals surface area contributed by atoms with Crippen LogP contribution in [0.25, 0.3) is 0 Å². The molecule has 9 heteroatoms. The number of aromatic nitrogens is 1. The fourth-order valence-electron chi connectivity index (χ4n) is 3.23. The van der Waals surface area contributed by atoms with Crippen molar-refractivity contribution in [2.24, 2.45) is 4.99 Å². The Bertz CT molecular complexity index is 1220. The number of anilines is 1. The van der Waals surface area contributed by atoms with E-state index in [-0.39, 0.29) is 24.1 Å². The number of aliphatic carboxylic acids is 1. The molecule has 0 saturated carbocycles. The highest BCUT2D eigenvalue weighted by Gasteiger charge is 2.26. The lowest BCUT2D eigenvalue weighted by molar-refractivity contribution is -0.137. The van der Waals surface area contributed by atoms with Gasteiger partial charge in [0.1, 0.15) is 5.69 Å². The third kappa shape index (κ3) is 7.63. The summed E-state index contributed by atoms with van der Waals surface area (Å²) >= 11 is 0. The van der Waals surface area contributed by atoms with Crippen LogP contribution < -0.4 is 5.32 Å². The lowest BCUT2D eigenvalue weighted by atomic mass is 10.00. The summed E-state index contributed by atoms with van der Waals surface area (Å²) in [5.74, 6) is -1.79. The van der Waals surface area contributed by atoms with E-state index in [4.69, 9.17) is 0 Å². The zero-order valence-corrected chi connectivity index (χ0v) is 18.5. The summed E-state index contributed by atoms with van der Waals surface area (Å²) in [6, 6.07) is 20.6. The number of nitrogens with one attached hydrogen (secondary N) is 1. The van der Waals surface area contributed by atoms with E-state index in [0.717, 1.165) is 6.20 Å². The predicted octanol–water partition coefficient (Wildman–Crippen LogP) is 5.87. The van der Waals surface area contributed by atoms with Gasteiger partial charge in [-0.15, -0.1) is 0 Å². The van der Waals surface area contributed by atoms with E-state index in [0.29, 0.717) is 22.5 Å². The Hall–Kier alpha value is -4.27. The van der Waals surface area contributed by atoms with Crippen molar-refractivity contribution in [2.75, 3.05) is 5.32 Å².